The number of aromatic carboxylic acids is 1. The van der Waals surface area contributed by atoms with Crippen LogP contribution in [-0.4, -0.2) is 11.1 Å². The Bertz CT molecular complexity index is 594. The van der Waals surface area contributed by atoms with E-state index in [2.05, 4.69) is 5.32 Å². The summed E-state index contributed by atoms with van der Waals surface area (Å²) in [6.45, 7) is 0.449. The predicted octanol–water partition coefficient (Wildman–Crippen LogP) is 4.30. The standard InChI is InChI=1S/C14H11Cl2NO2/c15-10-5-9(6-11(16)7-10)8-17-13-4-2-1-3-12(13)14(18)19/h1-7,17H,8H2,(H,18,19). The summed E-state index contributed by atoms with van der Waals surface area (Å²) in [7, 11) is 0. The van der Waals surface area contributed by atoms with E-state index in [9.17, 15) is 4.79 Å². The number of para-hydroxylation sites is 1. The second kappa shape index (κ2) is 5.95. The lowest BCUT2D eigenvalue weighted by Crippen LogP contribution is -2.06. The molecule has 2 rings (SSSR count). The smallest absolute Gasteiger partial charge is 0.337 e. The van der Waals surface area contributed by atoms with Crippen LogP contribution in [0.3, 0.4) is 0 Å². The number of carboxylic acid groups (broad SMARTS) is 1. The first-order valence-electron chi connectivity index (χ1n) is 5.57. The topological polar surface area (TPSA) is 49.3 Å². The maximum atomic E-state index is 11.1. The number of rotatable bonds is 4. The van der Waals surface area contributed by atoms with Crippen molar-refractivity contribution < 1.29 is 9.90 Å². The minimum atomic E-state index is -0.966. The van der Waals surface area contributed by atoms with E-state index in [0.29, 0.717) is 22.3 Å². The highest BCUT2D eigenvalue weighted by atomic mass is 35.5. The van der Waals surface area contributed by atoms with Crippen LogP contribution in [0.2, 0.25) is 10.0 Å². The number of carboxylic acids is 1. The molecule has 0 aromatic heterocycles. The van der Waals surface area contributed by atoms with Crippen molar-refractivity contribution in [2.75, 3.05) is 5.32 Å². The van der Waals surface area contributed by atoms with Crippen molar-refractivity contribution in [1.29, 1.82) is 0 Å². The van der Waals surface area contributed by atoms with Crippen molar-refractivity contribution in [3.8, 4) is 0 Å². The number of benzene rings is 2. The van der Waals surface area contributed by atoms with Gasteiger partial charge in [-0.2, -0.15) is 0 Å². The van der Waals surface area contributed by atoms with Crippen molar-refractivity contribution in [2.45, 2.75) is 6.54 Å². The first kappa shape index (κ1) is 13.7. The zero-order valence-corrected chi connectivity index (χ0v) is 11.4. The Morgan fingerprint density at radius 3 is 2.37 bits per heavy atom. The van der Waals surface area contributed by atoms with Crippen LogP contribution in [0.1, 0.15) is 15.9 Å². The molecule has 0 aliphatic rings. The summed E-state index contributed by atoms with van der Waals surface area (Å²) in [5, 5.41) is 13.2. The summed E-state index contributed by atoms with van der Waals surface area (Å²) in [4.78, 5) is 11.1. The normalized spacial score (nSPS) is 10.2. The van der Waals surface area contributed by atoms with Crippen LogP contribution in [0, 0.1) is 0 Å². The Hall–Kier alpha value is -1.71. The summed E-state index contributed by atoms with van der Waals surface area (Å²) < 4.78 is 0. The molecule has 2 aromatic carbocycles. The van der Waals surface area contributed by atoms with E-state index in [1.165, 1.54) is 0 Å². The van der Waals surface area contributed by atoms with Gasteiger partial charge in [-0.1, -0.05) is 35.3 Å². The van der Waals surface area contributed by atoms with Gasteiger partial charge in [0.15, 0.2) is 0 Å². The molecule has 0 saturated carbocycles. The van der Waals surface area contributed by atoms with Gasteiger partial charge < -0.3 is 10.4 Å². The van der Waals surface area contributed by atoms with Gasteiger partial charge >= 0.3 is 5.97 Å². The van der Waals surface area contributed by atoms with Gasteiger partial charge in [0, 0.05) is 22.3 Å². The van der Waals surface area contributed by atoms with Gasteiger partial charge in [-0.25, -0.2) is 4.79 Å². The molecule has 0 amide bonds. The van der Waals surface area contributed by atoms with Crippen molar-refractivity contribution in [3.05, 3.63) is 63.6 Å². The molecule has 2 aromatic rings. The maximum absolute atomic E-state index is 11.1. The third kappa shape index (κ3) is 3.63. The Labute approximate surface area is 120 Å². The fourth-order valence-corrected chi connectivity index (χ4v) is 2.31. The molecule has 2 N–H and O–H groups in total. The summed E-state index contributed by atoms with van der Waals surface area (Å²) >= 11 is 11.8. The maximum Gasteiger partial charge on any atom is 0.337 e. The van der Waals surface area contributed by atoms with Gasteiger partial charge in [0.2, 0.25) is 0 Å². The molecule has 0 aliphatic carbocycles. The Kier molecular flexibility index (Phi) is 4.30. The Balaban J connectivity index is 2.16. The van der Waals surface area contributed by atoms with Crippen LogP contribution in [0.5, 0.6) is 0 Å². The number of hydrogen-bond acceptors (Lipinski definition) is 2. The average molecular weight is 296 g/mol. The van der Waals surface area contributed by atoms with Gasteiger partial charge in [-0.05, 0) is 35.9 Å². The fourth-order valence-electron chi connectivity index (χ4n) is 1.73. The van der Waals surface area contributed by atoms with Crippen molar-refractivity contribution in [2.24, 2.45) is 0 Å². The third-order valence-electron chi connectivity index (χ3n) is 2.56. The van der Waals surface area contributed by atoms with Gasteiger partial charge in [0.25, 0.3) is 0 Å². The number of anilines is 1. The molecule has 0 spiro atoms. The summed E-state index contributed by atoms with van der Waals surface area (Å²) in [6, 6.07) is 11.9. The summed E-state index contributed by atoms with van der Waals surface area (Å²) in [5.41, 5.74) is 1.68. The lowest BCUT2D eigenvalue weighted by molar-refractivity contribution is 0.0698. The lowest BCUT2D eigenvalue weighted by atomic mass is 10.1. The molecule has 19 heavy (non-hydrogen) atoms. The van der Waals surface area contributed by atoms with Gasteiger partial charge in [-0.3, -0.25) is 0 Å². The molecule has 0 fully saturated rings. The predicted molar refractivity (Wildman–Crippen MR) is 77.2 cm³/mol. The highest BCUT2D eigenvalue weighted by Crippen LogP contribution is 2.21. The van der Waals surface area contributed by atoms with E-state index < -0.39 is 5.97 Å². The molecule has 0 unspecified atom stereocenters. The van der Waals surface area contributed by atoms with E-state index in [-0.39, 0.29) is 5.56 Å². The van der Waals surface area contributed by atoms with Crippen LogP contribution in [-0.2, 0) is 6.54 Å². The second-order valence-electron chi connectivity index (χ2n) is 3.98. The molecule has 3 nitrogen and oxygen atoms in total. The molecule has 0 radical (unpaired) electrons. The molecule has 0 heterocycles. The minimum Gasteiger partial charge on any atom is -0.478 e. The van der Waals surface area contributed by atoms with Gasteiger partial charge in [0.1, 0.15) is 0 Å². The van der Waals surface area contributed by atoms with Crippen LogP contribution in [0.15, 0.2) is 42.5 Å². The molecule has 0 atom stereocenters. The van der Waals surface area contributed by atoms with Crippen LogP contribution >= 0.6 is 23.2 Å². The minimum absolute atomic E-state index is 0.232. The number of carbonyl (C=O) groups is 1. The largest absolute Gasteiger partial charge is 0.478 e. The quantitative estimate of drug-likeness (QED) is 0.884. The molecular formula is C14H11Cl2NO2. The van der Waals surface area contributed by atoms with E-state index in [1.54, 1.807) is 42.5 Å². The fraction of sp³-hybridized carbons (Fsp3) is 0.0714. The number of halogens is 2. The Morgan fingerprint density at radius 2 is 1.74 bits per heavy atom. The summed E-state index contributed by atoms with van der Waals surface area (Å²) in [5.74, 6) is -0.966. The van der Waals surface area contributed by atoms with Crippen LogP contribution < -0.4 is 5.32 Å². The van der Waals surface area contributed by atoms with Crippen molar-refractivity contribution in [1.82, 2.24) is 0 Å². The van der Waals surface area contributed by atoms with Crippen molar-refractivity contribution >= 4 is 34.9 Å². The third-order valence-corrected chi connectivity index (χ3v) is 3.00. The molecule has 0 bridgehead atoms. The first-order chi connectivity index (χ1) is 9.06. The average Bonchev–Trinajstić information content (AvgIpc) is 2.35. The molecular weight excluding hydrogens is 285 g/mol. The number of hydrogen-bond donors (Lipinski definition) is 2. The molecule has 0 saturated heterocycles. The van der Waals surface area contributed by atoms with E-state index >= 15 is 0 Å². The van der Waals surface area contributed by atoms with Crippen LogP contribution in [0.4, 0.5) is 5.69 Å². The van der Waals surface area contributed by atoms with Crippen molar-refractivity contribution in [3.63, 3.8) is 0 Å². The van der Waals surface area contributed by atoms with E-state index in [0.717, 1.165) is 5.56 Å². The highest BCUT2D eigenvalue weighted by Gasteiger charge is 2.08. The number of nitrogens with one attached hydrogen (secondary N) is 1. The summed E-state index contributed by atoms with van der Waals surface area (Å²) in [6.07, 6.45) is 0. The molecule has 98 valence electrons. The molecule has 5 heteroatoms. The lowest BCUT2D eigenvalue weighted by Gasteiger charge is -2.10. The zero-order valence-electron chi connectivity index (χ0n) is 9.86. The monoisotopic (exact) mass is 295 g/mol. The SMILES string of the molecule is O=C(O)c1ccccc1NCc1cc(Cl)cc(Cl)c1. The van der Waals surface area contributed by atoms with Gasteiger partial charge in [-0.15, -0.1) is 0 Å². The first-order valence-corrected chi connectivity index (χ1v) is 6.33. The Morgan fingerprint density at radius 1 is 1.11 bits per heavy atom. The van der Waals surface area contributed by atoms with E-state index in [1.807, 2.05) is 0 Å². The zero-order chi connectivity index (χ0) is 13.8. The van der Waals surface area contributed by atoms with Gasteiger partial charge in [0.05, 0.1) is 5.56 Å². The highest BCUT2D eigenvalue weighted by molar-refractivity contribution is 6.34. The second-order valence-corrected chi connectivity index (χ2v) is 4.85. The van der Waals surface area contributed by atoms with Crippen LogP contribution in [0.25, 0.3) is 0 Å². The molecule has 0 aliphatic heterocycles. The van der Waals surface area contributed by atoms with E-state index in [4.69, 9.17) is 28.3 Å².